The van der Waals surface area contributed by atoms with Crippen molar-refractivity contribution in [3.63, 3.8) is 0 Å². The van der Waals surface area contributed by atoms with Crippen LogP contribution in [0.3, 0.4) is 0 Å². The van der Waals surface area contributed by atoms with Crippen LogP contribution in [0.15, 0.2) is 0 Å². The molecule has 80 valence electrons. The standard InChI is InChI=1S/C10H17NO3/c12-7-9-6-11(10(13)14-9)8-4-2-1-3-5-8/h8-9,12H,1-7H2. The molecule has 2 rings (SSSR count). The van der Waals surface area contributed by atoms with Crippen LogP contribution in [-0.4, -0.2) is 41.4 Å². The molecule has 0 spiro atoms. The minimum atomic E-state index is -0.301. The first-order chi connectivity index (χ1) is 6.81. The van der Waals surface area contributed by atoms with Crippen LogP contribution in [0.1, 0.15) is 32.1 Å². The molecule has 0 aromatic rings. The van der Waals surface area contributed by atoms with Crippen molar-refractivity contribution >= 4 is 6.09 Å². The number of nitrogens with zero attached hydrogens (tertiary/aromatic N) is 1. The second kappa shape index (κ2) is 4.17. The van der Waals surface area contributed by atoms with E-state index in [1.165, 1.54) is 19.3 Å². The summed E-state index contributed by atoms with van der Waals surface area (Å²) >= 11 is 0. The Bertz CT molecular complexity index is 213. The highest BCUT2D eigenvalue weighted by molar-refractivity contribution is 5.70. The zero-order chi connectivity index (χ0) is 9.97. The number of ether oxygens (including phenoxy) is 1. The number of aliphatic hydroxyl groups is 1. The molecule has 0 aromatic carbocycles. The normalized spacial score (nSPS) is 29.4. The zero-order valence-corrected chi connectivity index (χ0v) is 8.32. The van der Waals surface area contributed by atoms with Gasteiger partial charge in [0, 0.05) is 6.04 Å². The maximum absolute atomic E-state index is 11.4. The highest BCUT2D eigenvalue weighted by Crippen LogP contribution is 2.26. The van der Waals surface area contributed by atoms with Gasteiger partial charge in [-0.25, -0.2) is 4.79 Å². The molecular weight excluding hydrogens is 182 g/mol. The van der Waals surface area contributed by atoms with Crippen molar-refractivity contribution in [1.82, 2.24) is 4.90 Å². The summed E-state index contributed by atoms with van der Waals surface area (Å²) in [6.45, 7) is 0.509. The molecule has 14 heavy (non-hydrogen) atoms. The van der Waals surface area contributed by atoms with Gasteiger partial charge in [-0.3, -0.25) is 0 Å². The summed E-state index contributed by atoms with van der Waals surface area (Å²) < 4.78 is 5.01. The van der Waals surface area contributed by atoms with Crippen LogP contribution in [0.4, 0.5) is 4.79 Å². The van der Waals surface area contributed by atoms with Gasteiger partial charge in [-0.2, -0.15) is 0 Å². The van der Waals surface area contributed by atoms with E-state index < -0.39 is 0 Å². The fourth-order valence-corrected chi connectivity index (χ4v) is 2.33. The largest absolute Gasteiger partial charge is 0.442 e. The number of carbonyl (C=O) groups is 1. The first kappa shape index (κ1) is 9.77. The first-order valence-electron chi connectivity index (χ1n) is 5.39. The van der Waals surface area contributed by atoms with Gasteiger partial charge < -0.3 is 14.7 Å². The molecule has 4 nitrogen and oxygen atoms in total. The van der Waals surface area contributed by atoms with Crippen LogP contribution in [0.2, 0.25) is 0 Å². The molecule has 4 heteroatoms. The summed E-state index contributed by atoms with van der Waals surface area (Å²) in [5.41, 5.74) is 0. The summed E-state index contributed by atoms with van der Waals surface area (Å²) in [5, 5.41) is 8.90. The highest BCUT2D eigenvalue weighted by atomic mass is 16.6. The van der Waals surface area contributed by atoms with Gasteiger partial charge in [0.15, 0.2) is 0 Å². The maximum Gasteiger partial charge on any atom is 0.410 e. The number of amides is 1. The molecule has 0 radical (unpaired) electrons. The predicted octanol–water partition coefficient (Wildman–Crippen LogP) is 1.13. The SMILES string of the molecule is O=C1OC(CO)CN1C1CCCCC1. The van der Waals surface area contributed by atoms with Gasteiger partial charge in [-0.1, -0.05) is 19.3 Å². The van der Waals surface area contributed by atoms with E-state index >= 15 is 0 Å². The van der Waals surface area contributed by atoms with Gasteiger partial charge in [0.05, 0.1) is 13.2 Å². The van der Waals surface area contributed by atoms with Crippen molar-refractivity contribution in [3.8, 4) is 0 Å². The summed E-state index contributed by atoms with van der Waals surface area (Å²) in [7, 11) is 0. The van der Waals surface area contributed by atoms with Gasteiger partial charge in [0.25, 0.3) is 0 Å². The van der Waals surface area contributed by atoms with E-state index in [0.29, 0.717) is 12.6 Å². The third-order valence-electron chi connectivity index (χ3n) is 3.12. The van der Waals surface area contributed by atoms with Gasteiger partial charge >= 0.3 is 6.09 Å². The Hall–Kier alpha value is -0.770. The molecular formula is C10H17NO3. The van der Waals surface area contributed by atoms with Crippen molar-refractivity contribution in [2.45, 2.75) is 44.2 Å². The van der Waals surface area contributed by atoms with E-state index in [0.717, 1.165) is 12.8 Å². The molecule has 2 aliphatic rings. The Morgan fingerprint density at radius 3 is 2.64 bits per heavy atom. The van der Waals surface area contributed by atoms with E-state index in [1.807, 2.05) is 0 Å². The van der Waals surface area contributed by atoms with Gasteiger partial charge in [-0.05, 0) is 12.8 Å². The number of cyclic esters (lactones) is 1. The summed E-state index contributed by atoms with van der Waals surface area (Å²) in [4.78, 5) is 13.2. The quantitative estimate of drug-likeness (QED) is 0.725. The third-order valence-corrected chi connectivity index (χ3v) is 3.12. The van der Waals surface area contributed by atoms with E-state index in [1.54, 1.807) is 4.90 Å². The molecule has 1 atom stereocenters. The minimum absolute atomic E-state index is 0.0606. The van der Waals surface area contributed by atoms with Crippen LogP contribution < -0.4 is 0 Å². The average molecular weight is 199 g/mol. The lowest BCUT2D eigenvalue weighted by Crippen LogP contribution is -2.38. The molecule has 0 bridgehead atoms. The Balaban J connectivity index is 1.93. The fourth-order valence-electron chi connectivity index (χ4n) is 2.33. The smallest absolute Gasteiger partial charge is 0.410 e. The number of aliphatic hydroxyl groups excluding tert-OH is 1. The van der Waals surface area contributed by atoms with E-state index in [2.05, 4.69) is 0 Å². The van der Waals surface area contributed by atoms with Crippen molar-refractivity contribution < 1.29 is 14.6 Å². The van der Waals surface area contributed by atoms with E-state index in [9.17, 15) is 4.79 Å². The number of hydrogen-bond acceptors (Lipinski definition) is 3. The van der Waals surface area contributed by atoms with Crippen LogP contribution in [0.25, 0.3) is 0 Å². The van der Waals surface area contributed by atoms with Crippen LogP contribution in [-0.2, 0) is 4.74 Å². The monoisotopic (exact) mass is 199 g/mol. The molecule has 1 unspecified atom stereocenters. The lowest BCUT2D eigenvalue weighted by molar-refractivity contribution is 0.0934. The average Bonchev–Trinajstić information content (AvgIpc) is 2.61. The van der Waals surface area contributed by atoms with E-state index in [-0.39, 0.29) is 18.8 Å². The van der Waals surface area contributed by atoms with Crippen molar-refractivity contribution in [3.05, 3.63) is 0 Å². The van der Waals surface area contributed by atoms with Gasteiger partial charge in [-0.15, -0.1) is 0 Å². The Morgan fingerprint density at radius 1 is 1.36 bits per heavy atom. The van der Waals surface area contributed by atoms with E-state index in [4.69, 9.17) is 9.84 Å². The lowest BCUT2D eigenvalue weighted by Gasteiger charge is -2.28. The molecule has 1 aliphatic heterocycles. The fraction of sp³-hybridized carbons (Fsp3) is 0.900. The molecule has 1 N–H and O–H groups in total. The highest BCUT2D eigenvalue weighted by Gasteiger charge is 2.35. The predicted molar refractivity (Wildman–Crippen MR) is 50.9 cm³/mol. The Labute approximate surface area is 83.8 Å². The summed E-state index contributed by atoms with van der Waals surface area (Å²) in [5.74, 6) is 0. The van der Waals surface area contributed by atoms with Crippen LogP contribution in [0.5, 0.6) is 0 Å². The second-order valence-electron chi connectivity index (χ2n) is 4.13. The maximum atomic E-state index is 11.4. The number of carbonyl (C=O) groups excluding carboxylic acids is 1. The molecule has 1 amide bonds. The third kappa shape index (κ3) is 1.85. The van der Waals surface area contributed by atoms with Crippen LogP contribution in [0, 0.1) is 0 Å². The molecule has 1 saturated heterocycles. The van der Waals surface area contributed by atoms with Gasteiger partial charge in [0.2, 0.25) is 0 Å². The first-order valence-corrected chi connectivity index (χ1v) is 5.39. The summed E-state index contributed by atoms with van der Waals surface area (Å²) in [6.07, 6.45) is 5.33. The van der Waals surface area contributed by atoms with Gasteiger partial charge in [0.1, 0.15) is 6.10 Å². The Morgan fingerprint density at radius 2 is 2.07 bits per heavy atom. The second-order valence-corrected chi connectivity index (χ2v) is 4.13. The zero-order valence-electron chi connectivity index (χ0n) is 8.32. The number of hydrogen-bond donors (Lipinski definition) is 1. The van der Waals surface area contributed by atoms with Crippen molar-refractivity contribution in [2.24, 2.45) is 0 Å². The lowest BCUT2D eigenvalue weighted by atomic mass is 9.94. The minimum Gasteiger partial charge on any atom is -0.442 e. The molecule has 1 aliphatic carbocycles. The molecule has 0 aromatic heterocycles. The Kier molecular flexibility index (Phi) is 2.91. The van der Waals surface area contributed by atoms with Crippen LogP contribution >= 0.6 is 0 Å². The summed E-state index contributed by atoms with van der Waals surface area (Å²) in [6, 6.07) is 0.354. The van der Waals surface area contributed by atoms with Crippen molar-refractivity contribution in [2.75, 3.05) is 13.2 Å². The topological polar surface area (TPSA) is 49.8 Å². The van der Waals surface area contributed by atoms with Crippen molar-refractivity contribution in [1.29, 1.82) is 0 Å². The molecule has 1 saturated carbocycles. The number of rotatable bonds is 2. The molecule has 1 heterocycles. The molecule has 2 fully saturated rings.